The first kappa shape index (κ1) is 24.1. The van der Waals surface area contributed by atoms with Crippen LogP contribution in [0.25, 0.3) is 22.3 Å². The van der Waals surface area contributed by atoms with Gasteiger partial charge >= 0.3 is 5.97 Å². The molecule has 3 aromatic rings. The summed E-state index contributed by atoms with van der Waals surface area (Å²) in [5.74, 6) is 0.519. The molecular weight excluding hydrogens is 458 g/mol. The van der Waals surface area contributed by atoms with E-state index >= 15 is 0 Å². The number of aromatic nitrogens is 3. The van der Waals surface area contributed by atoms with Gasteiger partial charge in [-0.15, -0.1) is 12.4 Å². The Morgan fingerprint density at radius 1 is 0.971 bits per heavy atom. The second kappa shape index (κ2) is 10.1. The summed E-state index contributed by atoms with van der Waals surface area (Å²) in [4.78, 5) is 30.5. The van der Waals surface area contributed by atoms with Crippen molar-refractivity contribution < 1.29 is 19.4 Å². The number of carbonyl (C=O) groups is 1. The summed E-state index contributed by atoms with van der Waals surface area (Å²) in [7, 11) is 0. The predicted molar refractivity (Wildman–Crippen MR) is 132 cm³/mol. The Labute approximate surface area is 204 Å². The molecule has 10 heteroatoms. The summed E-state index contributed by atoms with van der Waals surface area (Å²) < 4.78 is 11.2. The van der Waals surface area contributed by atoms with Crippen LogP contribution in [-0.4, -0.2) is 77.6 Å². The molecule has 1 aromatic carbocycles. The Balaban J connectivity index is 0.00000274. The molecule has 0 amide bonds. The first-order valence-electron chi connectivity index (χ1n) is 11.2. The van der Waals surface area contributed by atoms with Crippen LogP contribution in [0, 0.1) is 0 Å². The number of pyridine rings is 1. The highest BCUT2D eigenvalue weighted by Gasteiger charge is 2.27. The van der Waals surface area contributed by atoms with E-state index in [2.05, 4.69) is 23.6 Å². The molecule has 0 radical (unpaired) electrons. The van der Waals surface area contributed by atoms with Gasteiger partial charge in [0, 0.05) is 18.7 Å². The molecule has 2 aromatic heterocycles. The molecule has 0 spiro atoms. The Hall–Kier alpha value is -3.01. The number of fused-ring (bicyclic) bond motifs is 1. The summed E-state index contributed by atoms with van der Waals surface area (Å²) in [5, 5.41) is 10.2. The topological polar surface area (TPSA) is 101 Å². The van der Waals surface area contributed by atoms with Gasteiger partial charge in [0.05, 0.1) is 55.2 Å². The lowest BCUT2D eigenvalue weighted by atomic mass is 10.1. The number of carboxylic acid groups (broad SMARTS) is 1. The van der Waals surface area contributed by atoms with E-state index in [4.69, 9.17) is 24.4 Å². The molecule has 2 aliphatic heterocycles. The molecule has 2 fully saturated rings. The number of aromatic carboxylic acids is 1. The standard InChI is InChI=1S/C24H27N5O4.ClH/c1-15-13-32-10-8-28(15)22-19-6-7-20(17-4-3-5-18(12-17)23(30)31)25-21(19)26-24(27-22)29-9-11-33-14-16(29)2;/h3-7,12,15-16H,8-11,13-14H2,1-2H3,(H,30,31);1H/t15-,16-;/m0./s1. The highest BCUT2D eigenvalue weighted by Crippen LogP contribution is 2.31. The van der Waals surface area contributed by atoms with Crippen molar-refractivity contribution in [1.82, 2.24) is 15.0 Å². The second-order valence-corrected chi connectivity index (χ2v) is 8.54. The molecule has 0 aliphatic carbocycles. The molecule has 5 rings (SSSR count). The van der Waals surface area contributed by atoms with Crippen LogP contribution >= 0.6 is 12.4 Å². The van der Waals surface area contributed by atoms with Crippen LogP contribution in [0.15, 0.2) is 36.4 Å². The lowest BCUT2D eigenvalue weighted by Crippen LogP contribution is -2.46. The zero-order chi connectivity index (χ0) is 22.9. The Bertz CT molecular complexity index is 1190. The summed E-state index contributed by atoms with van der Waals surface area (Å²) >= 11 is 0. The third-order valence-corrected chi connectivity index (χ3v) is 6.20. The van der Waals surface area contributed by atoms with E-state index < -0.39 is 5.97 Å². The van der Waals surface area contributed by atoms with Gasteiger partial charge in [-0.1, -0.05) is 12.1 Å². The predicted octanol–water partition coefficient (Wildman–Crippen LogP) is 3.26. The van der Waals surface area contributed by atoms with Crippen LogP contribution in [-0.2, 0) is 9.47 Å². The molecule has 0 saturated carbocycles. The first-order valence-corrected chi connectivity index (χ1v) is 11.2. The van der Waals surface area contributed by atoms with Gasteiger partial charge < -0.3 is 24.4 Å². The van der Waals surface area contributed by atoms with Crippen LogP contribution in [0.2, 0.25) is 0 Å². The molecule has 2 atom stereocenters. The molecule has 4 heterocycles. The third-order valence-electron chi connectivity index (χ3n) is 6.20. The molecule has 1 N–H and O–H groups in total. The van der Waals surface area contributed by atoms with Crippen molar-refractivity contribution in [3.8, 4) is 11.3 Å². The van der Waals surface area contributed by atoms with Gasteiger partial charge in [-0.05, 0) is 38.1 Å². The third kappa shape index (κ3) is 4.64. The highest BCUT2D eigenvalue weighted by molar-refractivity contribution is 5.91. The van der Waals surface area contributed by atoms with Crippen molar-refractivity contribution in [1.29, 1.82) is 0 Å². The average Bonchev–Trinajstić information content (AvgIpc) is 2.84. The Morgan fingerprint density at radius 2 is 1.68 bits per heavy atom. The van der Waals surface area contributed by atoms with E-state index in [0.29, 0.717) is 50.3 Å². The summed E-state index contributed by atoms with van der Waals surface area (Å²) in [6.07, 6.45) is 0. The fraction of sp³-hybridized carbons (Fsp3) is 0.417. The minimum absolute atomic E-state index is 0. The summed E-state index contributed by atoms with van der Waals surface area (Å²) in [6.45, 7) is 8.23. The second-order valence-electron chi connectivity index (χ2n) is 8.54. The molecular formula is C24H28ClN5O4. The van der Waals surface area contributed by atoms with E-state index in [1.807, 2.05) is 18.2 Å². The number of carboxylic acids is 1. The number of hydrogen-bond acceptors (Lipinski definition) is 8. The van der Waals surface area contributed by atoms with Crippen molar-refractivity contribution in [2.45, 2.75) is 25.9 Å². The molecule has 34 heavy (non-hydrogen) atoms. The van der Waals surface area contributed by atoms with Gasteiger partial charge in [0.1, 0.15) is 5.82 Å². The molecule has 180 valence electrons. The average molecular weight is 486 g/mol. The lowest BCUT2D eigenvalue weighted by Gasteiger charge is -2.37. The zero-order valence-electron chi connectivity index (χ0n) is 19.2. The number of rotatable bonds is 4. The fourth-order valence-corrected chi connectivity index (χ4v) is 4.37. The number of ether oxygens (including phenoxy) is 2. The van der Waals surface area contributed by atoms with Crippen LogP contribution in [0.5, 0.6) is 0 Å². The van der Waals surface area contributed by atoms with Crippen molar-refractivity contribution in [3.05, 3.63) is 42.0 Å². The molecule has 2 saturated heterocycles. The SMILES string of the molecule is C[C@H]1COCCN1c1nc(N2CCOC[C@@H]2C)c2ccc(-c3cccc(C(=O)O)c3)nc2n1.Cl. The van der Waals surface area contributed by atoms with Crippen molar-refractivity contribution in [3.63, 3.8) is 0 Å². The van der Waals surface area contributed by atoms with E-state index in [-0.39, 0.29) is 30.1 Å². The van der Waals surface area contributed by atoms with Crippen LogP contribution in [0.3, 0.4) is 0 Å². The maximum absolute atomic E-state index is 11.4. The van der Waals surface area contributed by atoms with Crippen LogP contribution in [0.1, 0.15) is 24.2 Å². The monoisotopic (exact) mass is 485 g/mol. The van der Waals surface area contributed by atoms with Gasteiger partial charge in [0.2, 0.25) is 5.95 Å². The number of anilines is 2. The smallest absolute Gasteiger partial charge is 0.335 e. The highest BCUT2D eigenvalue weighted by atomic mass is 35.5. The number of hydrogen-bond donors (Lipinski definition) is 1. The number of benzene rings is 1. The molecule has 9 nitrogen and oxygen atoms in total. The fourth-order valence-electron chi connectivity index (χ4n) is 4.37. The van der Waals surface area contributed by atoms with Crippen LogP contribution in [0.4, 0.5) is 11.8 Å². The summed E-state index contributed by atoms with van der Waals surface area (Å²) in [6, 6.07) is 11.0. The van der Waals surface area contributed by atoms with Gasteiger partial charge in [0.25, 0.3) is 0 Å². The van der Waals surface area contributed by atoms with Crippen LogP contribution < -0.4 is 9.80 Å². The Kier molecular flexibility index (Phi) is 7.16. The van der Waals surface area contributed by atoms with Crippen molar-refractivity contribution in [2.24, 2.45) is 0 Å². The molecule has 0 bridgehead atoms. The Morgan fingerprint density at radius 3 is 2.35 bits per heavy atom. The number of nitrogens with zero attached hydrogens (tertiary/aromatic N) is 5. The lowest BCUT2D eigenvalue weighted by molar-refractivity contribution is 0.0697. The molecule has 0 unspecified atom stereocenters. The quantitative estimate of drug-likeness (QED) is 0.596. The zero-order valence-corrected chi connectivity index (χ0v) is 20.0. The minimum Gasteiger partial charge on any atom is -0.478 e. The normalized spacial score (nSPS) is 20.8. The van der Waals surface area contributed by atoms with Gasteiger partial charge in [0.15, 0.2) is 5.65 Å². The first-order chi connectivity index (χ1) is 16.0. The van der Waals surface area contributed by atoms with Gasteiger partial charge in [-0.3, -0.25) is 0 Å². The van der Waals surface area contributed by atoms with Crippen molar-refractivity contribution >= 4 is 41.2 Å². The summed E-state index contributed by atoms with van der Waals surface area (Å²) in [5.41, 5.74) is 2.22. The van der Waals surface area contributed by atoms with E-state index in [1.165, 1.54) is 0 Å². The molecule has 2 aliphatic rings. The van der Waals surface area contributed by atoms with E-state index in [0.717, 1.165) is 23.3 Å². The number of halogens is 1. The minimum atomic E-state index is -0.966. The van der Waals surface area contributed by atoms with Gasteiger partial charge in [-0.2, -0.15) is 9.97 Å². The number of morpholine rings is 2. The largest absolute Gasteiger partial charge is 0.478 e. The van der Waals surface area contributed by atoms with E-state index in [1.54, 1.807) is 18.2 Å². The van der Waals surface area contributed by atoms with E-state index in [9.17, 15) is 9.90 Å². The maximum atomic E-state index is 11.4. The van der Waals surface area contributed by atoms with Gasteiger partial charge in [-0.25, -0.2) is 9.78 Å². The maximum Gasteiger partial charge on any atom is 0.335 e. The van der Waals surface area contributed by atoms with Crippen molar-refractivity contribution in [2.75, 3.05) is 49.3 Å².